The number of ether oxygens (including phenoxy) is 3. The van der Waals surface area contributed by atoms with E-state index in [0.29, 0.717) is 23.7 Å². The fourth-order valence-corrected chi connectivity index (χ4v) is 2.69. The van der Waals surface area contributed by atoms with Crippen LogP contribution >= 0.6 is 0 Å². The molecule has 1 heterocycles. The minimum absolute atomic E-state index is 0.0322. The van der Waals surface area contributed by atoms with E-state index in [1.54, 1.807) is 32.4 Å². The van der Waals surface area contributed by atoms with Crippen LogP contribution in [0.2, 0.25) is 0 Å². The fraction of sp³-hybridized carbons (Fsp3) is 0.389. The Kier molecular flexibility index (Phi) is 5.33. The van der Waals surface area contributed by atoms with Crippen molar-refractivity contribution >= 4 is 5.97 Å². The molecule has 0 bridgehead atoms. The Morgan fingerprint density at radius 1 is 1.28 bits per heavy atom. The van der Waals surface area contributed by atoms with Gasteiger partial charge in [0.1, 0.15) is 0 Å². The van der Waals surface area contributed by atoms with Crippen molar-refractivity contribution in [1.29, 1.82) is 0 Å². The standard InChI is InChI=1S/C18H20N2O5/c1-22-14-8-7-13(10-15(14)23-2)18-19-16(25-20-18)11-24-17(21)9-12-5-3-4-6-12/h3,5,7-8,10,12H,4,6,9,11H2,1-2H3/t12-/m0/s1. The molecule has 1 aromatic heterocycles. The van der Waals surface area contributed by atoms with Crippen LogP contribution in [0.5, 0.6) is 11.5 Å². The molecular formula is C18H20N2O5. The van der Waals surface area contributed by atoms with Gasteiger partial charge in [0.15, 0.2) is 18.1 Å². The summed E-state index contributed by atoms with van der Waals surface area (Å²) in [6.07, 6.45) is 6.55. The van der Waals surface area contributed by atoms with E-state index in [1.165, 1.54) is 0 Å². The van der Waals surface area contributed by atoms with Crippen LogP contribution in [0.4, 0.5) is 0 Å². The maximum absolute atomic E-state index is 11.8. The Hall–Kier alpha value is -2.83. The van der Waals surface area contributed by atoms with E-state index in [4.69, 9.17) is 18.7 Å². The molecule has 1 aliphatic carbocycles. The Bertz CT molecular complexity index is 769. The first kappa shape index (κ1) is 17.0. The monoisotopic (exact) mass is 344 g/mol. The molecule has 0 saturated carbocycles. The summed E-state index contributed by atoms with van der Waals surface area (Å²) in [7, 11) is 3.13. The van der Waals surface area contributed by atoms with Gasteiger partial charge in [-0.05, 0) is 37.0 Å². The number of rotatable bonds is 7. The second kappa shape index (κ2) is 7.83. The first-order chi connectivity index (χ1) is 12.2. The lowest BCUT2D eigenvalue weighted by molar-refractivity contribution is -0.146. The Morgan fingerprint density at radius 3 is 2.84 bits per heavy atom. The van der Waals surface area contributed by atoms with Crippen molar-refractivity contribution < 1.29 is 23.5 Å². The molecule has 0 spiro atoms. The largest absolute Gasteiger partial charge is 0.493 e. The number of methoxy groups -OCH3 is 2. The van der Waals surface area contributed by atoms with Crippen molar-refractivity contribution in [2.24, 2.45) is 5.92 Å². The van der Waals surface area contributed by atoms with E-state index < -0.39 is 0 Å². The summed E-state index contributed by atoms with van der Waals surface area (Å²) >= 11 is 0. The van der Waals surface area contributed by atoms with Gasteiger partial charge in [0.2, 0.25) is 5.82 Å². The van der Waals surface area contributed by atoms with Crippen molar-refractivity contribution in [2.45, 2.75) is 25.9 Å². The number of hydrogen-bond donors (Lipinski definition) is 0. The van der Waals surface area contributed by atoms with Crippen molar-refractivity contribution in [3.8, 4) is 22.9 Å². The van der Waals surface area contributed by atoms with Gasteiger partial charge in [-0.25, -0.2) is 0 Å². The molecular weight excluding hydrogens is 324 g/mol. The highest BCUT2D eigenvalue weighted by Crippen LogP contribution is 2.31. The highest BCUT2D eigenvalue weighted by molar-refractivity contribution is 5.70. The van der Waals surface area contributed by atoms with E-state index in [2.05, 4.69) is 22.3 Å². The Labute approximate surface area is 145 Å². The van der Waals surface area contributed by atoms with Crippen LogP contribution in [0.15, 0.2) is 34.9 Å². The Balaban J connectivity index is 1.60. The van der Waals surface area contributed by atoms with Crippen LogP contribution in [0.1, 0.15) is 25.2 Å². The first-order valence-electron chi connectivity index (χ1n) is 8.07. The molecule has 0 radical (unpaired) electrons. The van der Waals surface area contributed by atoms with Crippen molar-refractivity contribution in [1.82, 2.24) is 10.1 Å². The third kappa shape index (κ3) is 4.17. The molecule has 132 valence electrons. The molecule has 1 aromatic carbocycles. The number of carbonyl (C=O) groups excluding carboxylic acids is 1. The number of nitrogens with zero attached hydrogens (tertiary/aromatic N) is 2. The number of benzene rings is 1. The molecule has 1 aliphatic rings. The first-order valence-corrected chi connectivity index (χ1v) is 8.07. The second-order valence-corrected chi connectivity index (χ2v) is 5.71. The zero-order valence-corrected chi connectivity index (χ0v) is 14.2. The third-order valence-electron chi connectivity index (χ3n) is 4.01. The maximum Gasteiger partial charge on any atom is 0.306 e. The average Bonchev–Trinajstić information content (AvgIpc) is 3.31. The van der Waals surface area contributed by atoms with Gasteiger partial charge in [-0.3, -0.25) is 4.79 Å². The van der Waals surface area contributed by atoms with E-state index in [0.717, 1.165) is 18.4 Å². The summed E-state index contributed by atoms with van der Waals surface area (Å²) in [6.45, 7) is -0.0322. The van der Waals surface area contributed by atoms with E-state index >= 15 is 0 Å². The van der Waals surface area contributed by atoms with Crippen LogP contribution in [0.3, 0.4) is 0 Å². The quantitative estimate of drug-likeness (QED) is 0.563. The summed E-state index contributed by atoms with van der Waals surface area (Å²) in [5.74, 6) is 1.85. The summed E-state index contributed by atoms with van der Waals surface area (Å²) < 4.78 is 20.8. The summed E-state index contributed by atoms with van der Waals surface area (Å²) in [4.78, 5) is 16.1. The van der Waals surface area contributed by atoms with Gasteiger partial charge in [0.05, 0.1) is 20.6 Å². The van der Waals surface area contributed by atoms with Gasteiger partial charge >= 0.3 is 5.97 Å². The average molecular weight is 344 g/mol. The third-order valence-corrected chi connectivity index (χ3v) is 4.01. The molecule has 0 unspecified atom stereocenters. The normalized spacial score (nSPS) is 16.0. The van der Waals surface area contributed by atoms with Crippen LogP contribution in [-0.4, -0.2) is 30.3 Å². The Morgan fingerprint density at radius 2 is 2.12 bits per heavy atom. The zero-order valence-electron chi connectivity index (χ0n) is 14.2. The molecule has 0 fully saturated rings. The molecule has 1 atom stereocenters. The molecule has 25 heavy (non-hydrogen) atoms. The van der Waals surface area contributed by atoms with E-state index in [9.17, 15) is 4.79 Å². The van der Waals surface area contributed by atoms with Gasteiger partial charge in [0, 0.05) is 5.56 Å². The predicted octanol–water partition coefficient (Wildman–Crippen LogP) is 3.15. The minimum Gasteiger partial charge on any atom is -0.493 e. The number of aromatic nitrogens is 2. The number of hydrogen-bond acceptors (Lipinski definition) is 7. The number of carbonyl (C=O) groups is 1. The maximum atomic E-state index is 11.8. The summed E-state index contributed by atoms with van der Waals surface area (Å²) in [5, 5.41) is 3.91. The number of allylic oxidation sites excluding steroid dienone is 2. The van der Waals surface area contributed by atoms with Crippen molar-refractivity contribution in [3.05, 3.63) is 36.2 Å². The summed E-state index contributed by atoms with van der Waals surface area (Å²) in [6, 6.07) is 5.32. The topological polar surface area (TPSA) is 83.7 Å². The fourth-order valence-electron chi connectivity index (χ4n) is 2.69. The van der Waals surface area contributed by atoms with Gasteiger partial charge in [0.25, 0.3) is 5.89 Å². The highest BCUT2D eigenvalue weighted by atomic mass is 16.6. The van der Waals surface area contributed by atoms with E-state index in [1.807, 2.05) is 0 Å². The molecule has 0 saturated heterocycles. The predicted molar refractivity (Wildman–Crippen MR) is 89.1 cm³/mol. The lowest BCUT2D eigenvalue weighted by Gasteiger charge is -2.07. The van der Waals surface area contributed by atoms with Gasteiger partial charge < -0.3 is 18.7 Å². The van der Waals surface area contributed by atoms with Crippen LogP contribution in [0.25, 0.3) is 11.4 Å². The number of esters is 1. The van der Waals surface area contributed by atoms with Crippen LogP contribution in [-0.2, 0) is 16.1 Å². The van der Waals surface area contributed by atoms with Gasteiger partial charge in [-0.1, -0.05) is 17.3 Å². The lowest BCUT2D eigenvalue weighted by Crippen LogP contribution is -2.09. The van der Waals surface area contributed by atoms with Crippen LogP contribution in [0, 0.1) is 5.92 Å². The highest BCUT2D eigenvalue weighted by Gasteiger charge is 2.17. The van der Waals surface area contributed by atoms with Gasteiger partial charge in [-0.2, -0.15) is 4.98 Å². The molecule has 7 nitrogen and oxygen atoms in total. The van der Waals surface area contributed by atoms with E-state index in [-0.39, 0.29) is 24.4 Å². The second-order valence-electron chi connectivity index (χ2n) is 5.71. The van der Waals surface area contributed by atoms with Crippen LogP contribution < -0.4 is 9.47 Å². The van der Waals surface area contributed by atoms with Crippen molar-refractivity contribution in [3.63, 3.8) is 0 Å². The minimum atomic E-state index is -0.262. The molecule has 0 aliphatic heterocycles. The summed E-state index contributed by atoms with van der Waals surface area (Å²) in [5.41, 5.74) is 0.718. The lowest BCUT2D eigenvalue weighted by atomic mass is 10.1. The van der Waals surface area contributed by atoms with Gasteiger partial charge in [-0.15, -0.1) is 0 Å². The zero-order chi connectivity index (χ0) is 17.6. The smallest absolute Gasteiger partial charge is 0.306 e. The molecule has 7 heteroatoms. The molecule has 0 amide bonds. The molecule has 0 N–H and O–H groups in total. The van der Waals surface area contributed by atoms with Crippen molar-refractivity contribution in [2.75, 3.05) is 14.2 Å². The SMILES string of the molecule is COc1ccc(-c2noc(COC(=O)C[C@H]3C=CCC3)n2)cc1OC. The molecule has 3 rings (SSSR count). The molecule has 2 aromatic rings.